The molecule has 2 fully saturated rings. The first-order chi connectivity index (χ1) is 9.74. The lowest BCUT2D eigenvalue weighted by atomic mass is 9.91. The van der Waals surface area contributed by atoms with E-state index in [1.165, 1.54) is 0 Å². The second kappa shape index (κ2) is 6.12. The highest BCUT2D eigenvalue weighted by atomic mass is 35.5. The highest BCUT2D eigenvalue weighted by Gasteiger charge is 2.33. The molecule has 1 unspecified atom stereocenters. The molecule has 0 radical (unpaired) electrons. The largest absolute Gasteiger partial charge is 0.366 e. The first-order valence-corrected chi connectivity index (χ1v) is 7.50. The smallest absolute Gasteiger partial charge is 0.253 e. The SMILES string of the molecule is O=C1COC(C2CCNCC2)CN1c1ccc(Cl)cc1. The van der Waals surface area contributed by atoms with E-state index in [1.807, 2.05) is 29.2 Å². The molecule has 3 rings (SSSR count). The summed E-state index contributed by atoms with van der Waals surface area (Å²) in [6.07, 6.45) is 2.38. The van der Waals surface area contributed by atoms with Crippen LogP contribution in [-0.2, 0) is 9.53 Å². The van der Waals surface area contributed by atoms with Crippen molar-refractivity contribution in [2.45, 2.75) is 18.9 Å². The predicted molar refractivity (Wildman–Crippen MR) is 79.1 cm³/mol. The molecule has 20 heavy (non-hydrogen) atoms. The summed E-state index contributed by atoms with van der Waals surface area (Å²) in [5, 5.41) is 4.05. The molecule has 4 nitrogen and oxygen atoms in total. The average Bonchev–Trinajstić information content (AvgIpc) is 2.50. The third-order valence-corrected chi connectivity index (χ3v) is 4.38. The Bertz CT molecular complexity index is 471. The van der Waals surface area contributed by atoms with Crippen LogP contribution in [-0.4, -0.2) is 38.3 Å². The maximum absolute atomic E-state index is 12.1. The van der Waals surface area contributed by atoms with Gasteiger partial charge in [-0.1, -0.05) is 11.6 Å². The molecule has 2 heterocycles. The molecule has 0 saturated carbocycles. The predicted octanol–water partition coefficient (Wildman–Crippen LogP) is 2.07. The van der Waals surface area contributed by atoms with E-state index in [2.05, 4.69) is 5.32 Å². The van der Waals surface area contributed by atoms with Crippen molar-refractivity contribution in [1.82, 2.24) is 5.32 Å². The molecule has 1 atom stereocenters. The van der Waals surface area contributed by atoms with Crippen LogP contribution in [0, 0.1) is 5.92 Å². The fourth-order valence-electron chi connectivity index (χ4n) is 2.96. The van der Waals surface area contributed by atoms with Crippen molar-refractivity contribution >= 4 is 23.2 Å². The zero-order chi connectivity index (χ0) is 13.9. The normalized spacial score (nSPS) is 24.9. The Labute approximate surface area is 124 Å². The van der Waals surface area contributed by atoms with Crippen LogP contribution >= 0.6 is 11.6 Å². The van der Waals surface area contributed by atoms with Crippen molar-refractivity contribution in [2.75, 3.05) is 31.1 Å². The summed E-state index contributed by atoms with van der Waals surface area (Å²) in [6, 6.07) is 7.43. The highest BCUT2D eigenvalue weighted by molar-refractivity contribution is 6.30. The minimum Gasteiger partial charge on any atom is -0.366 e. The molecule has 1 aromatic carbocycles. The van der Waals surface area contributed by atoms with Crippen LogP contribution in [0.2, 0.25) is 5.02 Å². The van der Waals surface area contributed by atoms with Crippen LogP contribution in [0.25, 0.3) is 0 Å². The van der Waals surface area contributed by atoms with Gasteiger partial charge in [0.2, 0.25) is 0 Å². The van der Waals surface area contributed by atoms with Gasteiger partial charge in [-0.3, -0.25) is 4.79 Å². The molecule has 0 spiro atoms. The lowest BCUT2D eigenvalue weighted by molar-refractivity contribution is -0.131. The number of piperidine rings is 1. The van der Waals surface area contributed by atoms with Gasteiger partial charge < -0.3 is 15.0 Å². The summed E-state index contributed by atoms with van der Waals surface area (Å²) in [4.78, 5) is 13.9. The van der Waals surface area contributed by atoms with Crippen molar-refractivity contribution in [3.05, 3.63) is 29.3 Å². The van der Waals surface area contributed by atoms with E-state index in [9.17, 15) is 4.79 Å². The summed E-state index contributed by atoms with van der Waals surface area (Å²) in [5.41, 5.74) is 0.904. The van der Waals surface area contributed by atoms with Crippen LogP contribution in [0.3, 0.4) is 0 Å². The summed E-state index contributed by atoms with van der Waals surface area (Å²) in [7, 11) is 0. The number of hydrogen-bond acceptors (Lipinski definition) is 3. The first kappa shape index (κ1) is 13.9. The van der Waals surface area contributed by atoms with Crippen LogP contribution in [0.15, 0.2) is 24.3 Å². The second-order valence-electron chi connectivity index (χ2n) is 5.42. The summed E-state index contributed by atoms with van der Waals surface area (Å²) in [5.74, 6) is 0.566. The third-order valence-electron chi connectivity index (χ3n) is 4.13. The number of nitrogens with zero attached hydrogens (tertiary/aromatic N) is 1. The molecule has 2 saturated heterocycles. The van der Waals surface area contributed by atoms with Crippen LogP contribution in [0.1, 0.15) is 12.8 Å². The van der Waals surface area contributed by atoms with Gasteiger partial charge in [-0.25, -0.2) is 0 Å². The van der Waals surface area contributed by atoms with Gasteiger partial charge in [0.25, 0.3) is 5.91 Å². The van der Waals surface area contributed by atoms with Crippen LogP contribution < -0.4 is 10.2 Å². The van der Waals surface area contributed by atoms with Crippen molar-refractivity contribution < 1.29 is 9.53 Å². The number of morpholine rings is 1. The van der Waals surface area contributed by atoms with E-state index in [0.29, 0.717) is 17.5 Å². The Balaban J connectivity index is 1.72. The Kier molecular flexibility index (Phi) is 4.24. The topological polar surface area (TPSA) is 41.6 Å². The monoisotopic (exact) mass is 294 g/mol. The maximum Gasteiger partial charge on any atom is 0.253 e. The molecule has 1 N–H and O–H groups in total. The van der Waals surface area contributed by atoms with Gasteiger partial charge in [0, 0.05) is 10.7 Å². The Hall–Kier alpha value is -1.10. The van der Waals surface area contributed by atoms with E-state index < -0.39 is 0 Å². The zero-order valence-corrected chi connectivity index (χ0v) is 12.1. The minimum atomic E-state index is 0.0255. The average molecular weight is 295 g/mol. The summed E-state index contributed by atoms with van der Waals surface area (Å²) >= 11 is 5.90. The number of nitrogens with one attached hydrogen (secondary N) is 1. The van der Waals surface area contributed by atoms with Gasteiger partial charge in [0.1, 0.15) is 6.61 Å². The molecule has 0 aromatic heterocycles. The Morgan fingerprint density at radius 3 is 2.60 bits per heavy atom. The Morgan fingerprint density at radius 1 is 1.20 bits per heavy atom. The van der Waals surface area contributed by atoms with Gasteiger partial charge >= 0.3 is 0 Å². The molecule has 1 aromatic rings. The number of carbonyl (C=O) groups is 1. The first-order valence-electron chi connectivity index (χ1n) is 7.12. The number of anilines is 1. The van der Waals surface area contributed by atoms with E-state index in [0.717, 1.165) is 31.6 Å². The molecule has 2 aliphatic rings. The van der Waals surface area contributed by atoms with Gasteiger partial charge in [-0.15, -0.1) is 0 Å². The number of halogens is 1. The van der Waals surface area contributed by atoms with E-state index in [-0.39, 0.29) is 18.6 Å². The number of carbonyl (C=O) groups excluding carboxylic acids is 1. The fraction of sp³-hybridized carbons (Fsp3) is 0.533. The molecule has 108 valence electrons. The minimum absolute atomic E-state index is 0.0255. The number of amides is 1. The molecular weight excluding hydrogens is 276 g/mol. The zero-order valence-electron chi connectivity index (χ0n) is 11.3. The lowest BCUT2D eigenvalue weighted by Gasteiger charge is -2.38. The number of benzene rings is 1. The molecule has 0 aliphatic carbocycles. The third kappa shape index (κ3) is 2.97. The van der Waals surface area contributed by atoms with E-state index in [4.69, 9.17) is 16.3 Å². The standard InChI is InChI=1S/C15H19ClN2O2/c16-12-1-3-13(4-2-12)18-9-14(20-10-15(18)19)11-5-7-17-8-6-11/h1-4,11,14,17H,5-10H2. The van der Waals surface area contributed by atoms with Crippen molar-refractivity contribution in [3.8, 4) is 0 Å². The lowest BCUT2D eigenvalue weighted by Crippen LogP contribution is -2.51. The van der Waals surface area contributed by atoms with Crippen LogP contribution in [0.4, 0.5) is 5.69 Å². The maximum atomic E-state index is 12.1. The van der Waals surface area contributed by atoms with Crippen molar-refractivity contribution in [1.29, 1.82) is 0 Å². The van der Waals surface area contributed by atoms with Crippen LogP contribution in [0.5, 0.6) is 0 Å². The van der Waals surface area contributed by atoms with Gasteiger partial charge in [-0.05, 0) is 56.1 Å². The summed E-state index contributed by atoms with van der Waals surface area (Å²) in [6.45, 7) is 2.90. The molecule has 1 amide bonds. The molecule has 2 aliphatic heterocycles. The fourth-order valence-corrected chi connectivity index (χ4v) is 3.09. The van der Waals surface area contributed by atoms with Gasteiger partial charge in [0.05, 0.1) is 12.6 Å². The number of ether oxygens (including phenoxy) is 1. The molecule has 0 bridgehead atoms. The number of hydrogen-bond donors (Lipinski definition) is 1. The quantitative estimate of drug-likeness (QED) is 0.908. The van der Waals surface area contributed by atoms with Crippen molar-refractivity contribution in [2.24, 2.45) is 5.92 Å². The molecule has 5 heteroatoms. The molecular formula is C15H19ClN2O2. The Morgan fingerprint density at radius 2 is 1.90 bits per heavy atom. The van der Waals surface area contributed by atoms with Crippen molar-refractivity contribution in [3.63, 3.8) is 0 Å². The van der Waals surface area contributed by atoms with Gasteiger partial charge in [-0.2, -0.15) is 0 Å². The van der Waals surface area contributed by atoms with E-state index >= 15 is 0 Å². The van der Waals surface area contributed by atoms with Gasteiger partial charge in [0.15, 0.2) is 0 Å². The second-order valence-corrected chi connectivity index (χ2v) is 5.85. The highest BCUT2D eigenvalue weighted by Crippen LogP contribution is 2.26. The number of rotatable bonds is 2. The van der Waals surface area contributed by atoms with E-state index in [1.54, 1.807) is 0 Å². The summed E-state index contributed by atoms with van der Waals surface area (Å²) < 4.78 is 5.76.